The number of primary amides is 1. The lowest BCUT2D eigenvalue weighted by Crippen LogP contribution is -2.50. The second-order valence-corrected chi connectivity index (χ2v) is 7.53. The van der Waals surface area contributed by atoms with Crippen LogP contribution in [0.25, 0.3) is 10.9 Å². The smallest absolute Gasteiger partial charge is 0.239 e. The second kappa shape index (κ2) is 8.27. The molecule has 0 bridgehead atoms. The normalized spacial score (nSPS) is 15.7. The molecule has 2 heterocycles. The Morgan fingerprint density at radius 3 is 2.50 bits per heavy atom. The first-order valence-electron chi connectivity index (χ1n) is 9.51. The van der Waals surface area contributed by atoms with Crippen molar-refractivity contribution >= 4 is 34.1 Å². The number of pyridine rings is 1. The monoisotopic (exact) mass is 423 g/mol. The molecule has 6 nitrogen and oxygen atoms in total. The van der Waals surface area contributed by atoms with Gasteiger partial charge in [-0.25, -0.2) is 4.39 Å². The van der Waals surface area contributed by atoms with Crippen molar-refractivity contribution in [2.45, 2.75) is 6.04 Å². The number of benzene rings is 2. The Morgan fingerprint density at radius 1 is 1.17 bits per heavy atom. The van der Waals surface area contributed by atoms with Crippen molar-refractivity contribution in [2.75, 3.05) is 31.1 Å². The highest BCUT2D eigenvalue weighted by molar-refractivity contribution is 6.36. The van der Waals surface area contributed by atoms with Crippen LogP contribution < -0.4 is 10.6 Å². The molecule has 1 unspecified atom stereocenters. The number of aromatic nitrogens is 1. The van der Waals surface area contributed by atoms with Crippen LogP contribution in [0.15, 0.2) is 48.7 Å². The number of piperazine rings is 1. The van der Waals surface area contributed by atoms with Crippen LogP contribution in [0.5, 0.6) is 0 Å². The Hall–Kier alpha value is -3.21. The number of fused-ring (bicyclic) bond motifs is 1. The van der Waals surface area contributed by atoms with Crippen LogP contribution in [0, 0.1) is 17.1 Å². The van der Waals surface area contributed by atoms with Gasteiger partial charge in [0.2, 0.25) is 5.91 Å². The van der Waals surface area contributed by atoms with Crippen molar-refractivity contribution in [2.24, 2.45) is 5.73 Å². The lowest BCUT2D eigenvalue weighted by molar-refractivity contribution is -0.123. The fourth-order valence-electron chi connectivity index (χ4n) is 4.02. The van der Waals surface area contributed by atoms with Gasteiger partial charge in [-0.1, -0.05) is 41.9 Å². The Morgan fingerprint density at radius 2 is 1.87 bits per heavy atom. The van der Waals surface area contributed by atoms with Gasteiger partial charge in [-0.2, -0.15) is 5.26 Å². The predicted molar refractivity (Wildman–Crippen MR) is 114 cm³/mol. The van der Waals surface area contributed by atoms with E-state index < -0.39 is 17.8 Å². The van der Waals surface area contributed by atoms with E-state index in [2.05, 4.69) is 11.1 Å². The maximum absolute atomic E-state index is 14.3. The summed E-state index contributed by atoms with van der Waals surface area (Å²) in [5.41, 5.74) is 7.58. The summed E-state index contributed by atoms with van der Waals surface area (Å²) in [6, 6.07) is 13.8. The third-order valence-electron chi connectivity index (χ3n) is 5.39. The topological polar surface area (TPSA) is 86.2 Å². The van der Waals surface area contributed by atoms with E-state index in [0.717, 1.165) is 5.56 Å². The molecular weight excluding hydrogens is 405 g/mol. The molecule has 0 spiro atoms. The summed E-state index contributed by atoms with van der Waals surface area (Å²) in [5.74, 6) is -0.900. The van der Waals surface area contributed by atoms with Gasteiger partial charge in [0.15, 0.2) is 0 Å². The number of nitriles is 1. The van der Waals surface area contributed by atoms with Gasteiger partial charge in [-0.05, 0) is 17.7 Å². The van der Waals surface area contributed by atoms with Gasteiger partial charge >= 0.3 is 0 Å². The molecule has 0 radical (unpaired) electrons. The summed E-state index contributed by atoms with van der Waals surface area (Å²) in [6.45, 7) is 2.14. The van der Waals surface area contributed by atoms with Crippen molar-refractivity contribution < 1.29 is 9.18 Å². The van der Waals surface area contributed by atoms with E-state index in [0.29, 0.717) is 47.8 Å². The second-order valence-electron chi connectivity index (χ2n) is 7.12. The Labute approximate surface area is 178 Å². The summed E-state index contributed by atoms with van der Waals surface area (Å²) in [4.78, 5) is 20.3. The Balaban J connectivity index is 1.66. The molecule has 1 amide bonds. The Bertz CT molecular complexity index is 1140. The van der Waals surface area contributed by atoms with Crippen LogP contribution in [-0.2, 0) is 4.79 Å². The zero-order valence-electron chi connectivity index (χ0n) is 16.1. The standard InChI is InChI=1S/C22H19ClFN5O/c23-16-6-7-17(24)19-18(16)20(15(12-25)13-27-19)28-8-10-29(11-9-28)21(22(26)30)14-4-2-1-3-5-14/h1-7,13,21H,8-11H2,(H2,26,30). The van der Waals surface area contributed by atoms with E-state index in [1.54, 1.807) is 0 Å². The van der Waals surface area contributed by atoms with E-state index in [-0.39, 0.29) is 5.52 Å². The fourth-order valence-corrected chi connectivity index (χ4v) is 4.26. The molecule has 3 aromatic rings. The van der Waals surface area contributed by atoms with Gasteiger partial charge in [0.05, 0.1) is 16.3 Å². The van der Waals surface area contributed by atoms with Crippen LogP contribution in [0.1, 0.15) is 17.2 Å². The molecule has 1 aromatic heterocycles. The van der Waals surface area contributed by atoms with Crippen molar-refractivity contribution in [1.29, 1.82) is 5.26 Å². The fraction of sp³-hybridized carbons (Fsp3) is 0.227. The molecule has 1 aliphatic heterocycles. The molecular formula is C22H19ClFN5O. The van der Waals surface area contributed by atoms with Gasteiger partial charge in [0.1, 0.15) is 23.4 Å². The van der Waals surface area contributed by atoms with Crippen LogP contribution in [0.3, 0.4) is 0 Å². The predicted octanol–water partition coefficient (Wildman–Crippen LogP) is 3.25. The molecule has 1 saturated heterocycles. The summed E-state index contributed by atoms with van der Waals surface area (Å²) < 4.78 is 14.3. The molecule has 1 fully saturated rings. The van der Waals surface area contributed by atoms with E-state index in [1.807, 2.05) is 40.1 Å². The first-order valence-corrected chi connectivity index (χ1v) is 9.89. The minimum atomic E-state index is -0.529. The summed E-state index contributed by atoms with van der Waals surface area (Å²) >= 11 is 6.37. The quantitative estimate of drug-likeness (QED) is 0.696. The van der Waals surface area contributed by atoms with Gasteiger partial charge in [0.25, 0.3) is 0 Å². The highest BCUT2D eigenvalue weighted by Gasteiger charge is 2.30. The Kier molecular flexibility index (Phi) is 5.53. The molecule has 0 saturated carbocycles. The SMILES string of the molecule is N#Cc1cnc2c(F)ccc(Cl)c2c1N1CCN(C(C(N)=O)c2ccccc2)CC1. The van der Waals surface area contributed by atoms with E-state index in [4.69, 9.17) is 17.3 Å². The number of halogens is 2. The summed E-state index contributed by atoms with van der Waals surface area (Å²) in [7, 11) is 0. The van der Waals surface area contributed by atoms with Crippen LogP contribution in [0.2, 0.25) is 5.02 Å². The van der Waals surface area contributed by atoms with Crippen LogP contribution >= 0.6 is 11.6 Å². The number of rotatable bonds is 4. The van der Waals surface area contributed by atoms with Crippen LogP contribution in [-0.4, -0.2) is 42.0 Å². The molecule has 1 atom stereocenters. The minimum absolute atomic E-state index is 0.137. The third kappa shape index (κ3) is 3.56. The average Bonchev–Trinajstić information content (AvgIpc) is 2.77. The number of nitrogens with zero attached hydrogens (tertiary/aromatic N) is 4. The van der Waals surface area contributed by atoms with E-state index in [1.165, 1.54) is 18.3 Å². The number of carbonyl (C=O) groups is 1. The lowest BCUT2D eigenvalue weighted by atomic mass is 10.0. The molecule has 1 aliphatic rings. The molecule has 2 N–H and O–H groups in total. The zero-order valence-corrected chi connectivity index (χ0v) is 16.8. The first kappa shape index (κ1) is 20.1. The zero-order chi connectivity index (χ0) is 21.3. The van der Waals surface area contributed by atoms with Crippen molar-refractivity contribution in [3.8, 4) is 6.07 Å². The van der Waals surface area contributed by atoms with E-state index in [9.17, 15) is 14.4 Å². The third-order valence-corrected chi connectivity index (χ3v) is 5.71. The molecule has 2 aromatic carbocycles. The van der Waals surface area contributed by atoms with Gasteiger partial charge in [-0.15, -0.1) is 0 Å². The number of hydrogen-bond donors (Lipinski definition) is 1. The van der Waals surface area contributed by atoms with Crippen molar-refractivity contribution in [3.63, 3.8) is 0 Å². The highest BCUT2D eigenvalue weighted by Crippen LogP contribution is 2.36. The first-order chi connectivity index (χ1) is 14.5. The average molecular weight is 424 g/mol. The van der Waals surface area contributed by atoms with Gasteiger partial charge in [-0.3, -0.25) is 14.7 Å². The summed E-state index contributed by atoms with van der Waals surface area (Å²) in [6.07, 6.45) is 1.37. The number of anilines is 1. The lowest BCUT2D eigenvalue weighted by Gasteiger charge is -2.39. The molecule has 152 valence electrons. The van der Waals surface area contributed by atoms with Crippen molar-refractivity contribution in [1.82, 2.24) is 9.88 Å². The molecule has 0 aliphatic carbocycles. The summed E-state index contributed by atoms with van der Waals surface area (Å²) in [5, 5.41) is 10.4. The van der Waals surface area contributed by atoms with Crippen molar-refractivity contribution in [3.05, 3.63) is 70.6 Å². The number of hydrogen-bond acceptors (Lipinski definition) is 5. The van der Waals surface area contributed by atoms with Crippen LogP contribution in [0.4, 0.5) is 10.1 Å². The number of amides is 1. The molecule has 8 heteroatoms. The molecule has 30 heavy (non-hydrogen) atoms. The van der Waals surface area contributed by atoms with Gasteiger partial charge < -0.3 is 10.6 Å². The van der Waals surface area contributed by atoms with Gasteiger partial charge in [0, 0.05) is 37.8 Å². The largest absolute Gasteiger partial charge is 0.368 e. The minimum Gasteiger partial charge on any atom is -0.368 e. The number of nitrogens with two attached hydrogens (primary N) is 1. The molecule has 4 rings (SSSR count). The number of carbonyl (C=O) groups excluding carboxylic acids is 1. The maximum Gasteiger partial charge on any atom is 0.239 e. The highest BCUT2D eigenvalue weighted by atomic mass is 35.5. The maximum atomic E-state index is 14.3. The van der Waals surface area contributed by atoms with E-state index >= 15 is 0 Å².